The largest absolute Gasteiger partial charge is 0.349 e. The Labute approximate surface area is 136 Å². The smallest absolute Gasteiger partial charge is 0.173 e. The molecule has 0 radical (unpaired) electrons. The highest BCUT2D eigenvalue weighted by molar-refractivity contribution is 5.33. The maximum atomic E-state index is 5.75. The maximum Gasteiger partial charge on any atom is 0.173 e. The van der Waals surface area contributed by atoms with Crippen LogP contribution in [0, 0.1) is 0 Å². The molecule has 1 atom stereocenters. The lowest BCUT2D eigenvalue weighted by Crippen LogP contribution is -2.46. The fourth-order valence-electron chi connectivity index (χ4n) is 3.53. The lowest BCUT2D eigenvalue weighted by atomic mass is 10.0. The summed E-state index contributed by atoms with van der Waals surface area (Å²) in [6.45, 7) is 3.53. The lowest BCUT2D eigenvalue weighted by Gasteiger charge is -2.38. The van der Waals surface area contributed by atoms with Gasteiger partial charge in [-0.1, -0.05) is 18.6 Å². The van der Waals surface area contributed by atoms with Gasteiger partial charge >= 0.3 is 0 Å². The number of piperidine rings is 1. The molecule has 2 aliphatic rings. The lowest BCUT2D eigenvalue weighted by molar-refractivity contribution is -0.111. The molecule has 4 rings (SSSR count). The third-order valence-corrected chi connectivity index (χ3v) is 4.72. The number of rotatable bonds is 4. The highest BCUT2D eigenvalue weighted by Gasteiger charge is 2.33. The number of nitrogens with zero attached hydrogens (tertiary/aromatic N) is 3. The zero-order valence-corrected chi connectivity index (χ0v) is 13.3. The van der Waals surface area contributed by atoms with Crippen LogP contribution in [0.25, 0.3) is 5.69 Å². The molecular formula is C18H23N3O2. The standard InChI is InChI=1S/C18H23N3O2/c1-2-10-20(17(4-1)18-22-12-13-23-18)14-15-5-7-16(8-6-15)21-11-3-9-19-21/h3,5-9,11,17-18H,1-2,4,10,12-14H2. The van der Waals surface area contributed by atoms with Crippen molar-refractivity contribution in [2.75, 3.05) is 19.8 Å². The van der Waals surface area contributed by atoms with Crippen molar-refractivity contribution in [3.05, 3.63) is 48.3 Å². The summed E-state index contributed by atoms with van der Waals surface area (Å²) in [7, 11) is 0. The van der Waals surface area contributed by atoms with Gasteiger partial charge in [0.25, 0.3) is 0 Å². The first-order chi connectivity index (χ1) is 11.4. The molecule has 2 saturated heterocycles. The topological polar surface area (TPSA) is 39.5 Å². The molecule has 3 heterocycles. The molecular weight excluding hydrogens is 290 g/mol. The van der Waals surface area contributed by atoms with E-state index in [0.717, 1.165) is 38.4 Å². The van der Waals surface area contributed by atoms with Gasteiger partial charge in [-0.15, -0.1) is 0 Å². The van der Waals surface area contributed by atoms with Crippen LogP contribution in [-0.4, -0.2) is 46.8 Å². The monoisotopic (exact) mass is 313 g/mol. The molecule has 2 fully saturated rings. The average Bonchev–Trinajstić information content (AvgIpc) is 3.30. The summed E-state index contributed by atoms with van der Waals surface area (Å²) in [6, 6.07) is 11.0. The van der Waals surface area contributed by atoms with Crippen molar-refractivity contribution in [2.45, 2.75) is 38.1 Å². The molecule has 0 amide bonds. The van der Waals surface area contributed by atoms with E-state index in [0.29, 0.717) is 6.04 Å². The van der Waals surface area contributed by atoms with Crippen LogP contribution in [0.2, 0.25) is 0 Å². The molecule has 0 spiro atoms. The molecule has 1 aromatic heterocycles. The Bertz CT molecular complexity index is 606. The van der Waals surface area contributed by atoms with Crippen LogP contribution < -0.4 is 0 Å². The molecule has 0 saturated carbocycles. The van der Waals surface area contributed by atoms with Gasteiger partial charge in [0.15, 0.2) is 6.29 Å². The number of benzene rings is 1. The number of likely N-dealkylation sites (tertiary alicyclic amines) is 1. The Kier molecular flexibility index (Phi) is 4.41. The van der Waals surface area contributed by atoms with Gasteiger partial charge in [0.2, 0.25) is 0 Å². The van der Waals surface area contributed by atoms with Crippen LogP contribution in [0.15, 0.2) is 42.7 Å². The zero-order valence-electron chi connectivity index (χ0n) is 13.3. The van der Waals surface area contributed by atoms with Gasteiger partial charge in [-0.05, 0) is 43.1 Å². The Morgan fingerprint density at radius 2 is 1.91 bits per heavy atom. The third kappa shape index (κ3) is 3.32. The van der Waals surface area contributed by atoms with Gasteiger partial charge in [-0.2, -0.15) is 5.10 Å². The van der Waals surface area contributed by atoms with E-state index in [1.807, 2.05) is 16.9 Å². The summed E-state index contributed by atoms with van der Waals surface area (Å²) in [5.74, 6) is 0. The van der Waals surface area contributed by atoms with Crippen LogP contribution in [0.5, 0.6) is 0 Å². The van der Waals surface area contributed by atoms with Crippen molar-refractivity contribution in [1.82, 2.24) is 14.7 Å². The molecule has 0 aliphatic carbocycles. The van der Waals surface area contributed by atoms with E-state index in [4.69, 9.17) is 9.47 Å². The minimum Gasteiger partial charge on any atom is -0.349 e. The van der Waals surface area contributed by atoms with E-state index in [1.165, 1.54) is 18.4 Å². The first-order valence-electron chi connectivity index (χ1n) is 8.46. The summed E-state index contributed by atoms with van der Waals surface area (Å²) in [5, 5.41) is 4.27. The molecule has 1 aromatic carbocycles. The Morgan fingerprint density at radius 1 is 1.09 bits per heavy atom. The quantitative estimate of drug-likeness (QED) is 0.870. The van der Waals surface area contributed by atoms with Gasteiger partial charge in [-0.3, -0.25) is 4.90 Å². The van der Waals surface area contributed by atoms with E-state index >= 15 is 0 Å². The zero-order chi connectivity index (χ0) is 15.5. The second-order valence-corrected chi connectivity index (χ2v) is 6.26. The van der Waals surface area contributed by atoms with Gasteiger partial charge < -0.3 is 9.47 Å². The van der Waals surface area contributed by atoms with Crippen LogP contribution in [0.4, 0.5) is 0 Å². The van der Waals surface area contributed by atoms with Crippen LogP contribution in [0.1, 0.15) is 24.8 Å². The highest BCUT2D eigenvalue weighted by atomic mass is 16.7. The Hall–Kier alpha value is -1.69. The predicted octanol–water partition coefficient (Wildman–Crippen LogP) is 2.60. The van der Waals surface area contributed by atoms with Gasteiger partial charge in [0.1, 0.15) is 0 Å². The Balaban J connectivity index is 1.45. The van der Waals surface area contributed by atoms with Gasteiger partial charge in [0.05, 0.1) is 24.9 Å². The third-order valence-electron chi connectivity index (χ3n) is 4.72. The van der Waals surface area contributed by atoms with E-state index in [1.54, 1.807) is 6.20 Å². The highest BCUT2D eigenvalue weighted by Crippen LogP contribution is 2.26. The number of aromatic nitrogens is 2. The molecule has 1 unspecified atom stereocenters. The molecule has 2 aromatic rings. The van der Waals surface area contributed by atoms with Gasteiger partial charge in [-0.25, -0.2) is 4.68 Å². The summed E-state index contributed by atoms with van der Waals surface area (Å²) in [4.78, 5) is 2.52. The second kappa shape index (κ2) is 6.83. The second-order valence-electron chi connectivity index (χ2n) is 6.26. The maximum absolute atomic E-state index is 5.75. The summed E-state index contributed by atoms with van der Waals surface area (Å²) >= 11 is 0. The molecule has 2 aliphatic heterocycles. The predicted molar refractivity (Wildman–Crippen MR) is 87.3 cm³/mol. The Morgan fingerprint density at radius 3 is 2.65 bits per heavy atom. The van der Waals surface area contributed by atoms with E-state index < -0.39 is 0 Å². The van der Waals surface area contributed by atoms with E-state index in [-0.39, 0.29) is 6.29 Å². The van der Waals surface area contributed by atoms with E-state index in [2.05, 4.69) is 34.3 Å². The van der Waals surface area contributed by atoms with Crippen LogP contribution in [0.3, 0.4) is 0 Å². The first kappa shape index (κ1) is 14.9. The minimum absolute atomic E-state index is 0.0429. The molecule has 23 heavy (non-hydrogen) atoms. The first-order valence-corrected chi connectivity index (χ1v) is 8.46. The normalized spacial score (nSPS) is 23.4. The minimum atomic E-state index is -0.0429. The van der Waals surface area contributed by atoms with Crippen molar-refractivity contribution in [3.63, 3.8) is 0 Å². The van der Waals surface area contributed by atoms with Crippen molar-refractivity contribution < 1.29 is 9.47 Å². The fourth-order valence-corrected chi connectivity index (χ4v) is 3.53. The molecule has 5 nitrogen and oxygen atoms in total. The van der Waals surface area contributed by atoms with Gasteiger partial charge in [0, 0.05) is 18.9 Å². The van der Waals surface area contributed by atoms with Crippen LogP contribution in [-0.2, 0) is 16.0 Å². The molecule has 0 N–H and O–H groups in total. The van der Waals surface area contributed by atoms with E-state index in [9.17, 15) is 0 Å². The van der Waals surface area contributed by atoms with Crippen molar-refractivity contribution in [1.29, 1.82) is 0 Å². The summed E-state index contributed by atoms with van der Waals surface area (Å²) in [5.41, 5.74) is 2.42. The van der Waals surface area contributed by atoms with Crippen LogP contribution >= 0.6 is 0 Å². The van der Waals surface area contributed by atoms with Crippen molar-refractivity contribution in [2.24, 2.45) is 0 Å². The number of hydrogen-bond acceptors (Lipinski definition) is 4. The number of ether oxygens (including phenoxy) is 2. The molecule has 5 heteroatoms. The summed E-state index contributed by atoms with van der Waals surface area (Å²) < 4.78 is 13.4. The fraction of sp³-hybridized carbons (Fsp3) is 0.500. The summed E-state index contributed by atoms with van der Waals surface area (Å²) in [6.07, 6.45) is 7.41. The van der Waals surface area contributed by atoms with Crippen molar-refractivity contribution in [3.8, 4) is 5.69 Å². The molecule has 122 valence electrons. The van der Waals surface area contributed by atoms with Crippen molar-refractivity contribution >= 4 is 0 Å². The number of hydrogen-bond donors (Lipinski definition) is 0. The molecule has 0 bridgehead atoms. The average molecular weight is 313 g/mol. The SMILES string of the molecule is c1cnn(-c2ccc(CN3CCCCC3C3OCCO3)cc2)c1.